The van der Waals surface area contributed by atoms with Crippen molar-refractivity contribution in [3.63, 3.8) is 0 Å². The topological polar surface area (TPSA) is 49.8 Å². The molecule has 1 heterocycles. The van der Waals surface area contributed by atoms with Gasteiger partial charge in [-0.15, -0.1) is 0 Å². The number of halogens is 1. The first-order chi connectivity index (χ1) is 9.51. The lowest BCUT2D eigenvalue weighted by molar-refractivity contribution is -0.137. The predicted molar refractivity (Wildman–Crippen MR) is 78.1 cm³/mol. The monoisotopic (exact) mass is 297 g/mol. The van der Waals surface area contributed by atoms with Gasteiger partial charge in [0, 0.05) is 30.6 Å². The summed E-state index contributed by atoms with van der Waals surface area (Å²) < 4.78 is 5.73. The van der Waals surface area contributed by atoms with Crippen LogP contribution in [0.5, 0.6) is 5.75 Å². The first-order valence-corrected chi connectivity index (χ1v) is 7.21. The summed E-state index contributed by atoms with van der Waals surface area (Å²) in [4.78, 5) is 14.0. The Morgan fingerprint density at radius 1 is 1.60 bits per heavy atom. The van der Waals surface area contributed by atoms with E-state index in [-0.39, 0.29) is 18.4 Å². The molecule has 0 bridgehead atoms. The van der Waals surface area contributed by atoms with Crippen LogP contribution in [0.1, 0.15) is 18.9 Å². The second-order valence-corrected chi connectivity index (χ2v) is 5.73. The van der Waals surface area contributed by atoms with Gasteiger partial charge in [-0.05, 0) is 44.0 Å². The number of carbonyl (C=O) groups is 1. The van der Waals surface area contributed by atoms with E-state index in [0.29, 0.717) is 23.9 Å². The standard InChI is InChI=1S/C15H20ClNO3/c1-10-7-13(16)3-4-14(10)20-11(2)15(19)17-6-5-12(8-17)9-18/h3-4,7,11-12,18H,5-6,8-9H2,1-2H3. The number of hydrogen-bond donors (Lipinski definition) is 1. The van der Waals surface area contributed by atoms with Crippen LogP contribution < -0.4 is 4.74 Å². The molecule has 110 valence electrons. The minimum Gasteiger partial charge on any atom is -0.481 e. The van der Waals surface area contributed by atoms with Crippen LogP contribution in [0.4, 0.5) is 0 Å². The van der Waals surface area contributed by atoms with E-state index in [1.165, 1.54) is 0 Å². The number of likely N-dealkylation sites (tertiary alicyclic amines) is 1. The molecule has 0 saturated carbocycles. The van der Waals surface area contributed by atoms with Gasteiger partial charge in [0.15, 0.2) is 6.10 Å². The highest BCUT2D eigenvalue weighted by atomic mass is 35.5. The molecule has 1 N–H and O–H groups in total. The van der Waals surface area contributed by atoms with Gasteiger partial charge in [-0.2, -0.15) is 0 Å². The third kappa shape index (κ3) is 3.44. The summed E-state index contributed by atoms with van der Waals surface area (Å²) in [6.45, 7) is 5.09. The summed E-state index contributed by atoms with van der Waals surface area (Å²) >= 11 is 5.90. The first kappa shape index (κ1) is 15.1. The largest absolute Gasteiger partial charge is 0.481 e. The molecule has 2 atom stereocenters. The molecule has 2 unspecified atom stereocenters. The van der Waals surface area contributed by atoms with Crippen LogP contribution >= 0.6 is 11.6 Å². The number of amides is 1. The summed E-state index contributed by atoms with van der Waals surface area (Å²) in [7, 11) is 0. The summed E-state index contributed by atoms with van der Waals surface area (Å²) in [5.74, 6) is 0.840. The minimum atomic E-state index is -0.535. The van der Waals surface area contributed by atoms with Gasteiger partial charge >= 0.3 is 0 Å². The van der Waals surface area contributed by atoms with Crippen molar-refractivity contribution in [2.75, 3.05) is 19.7 Å². The lowest BCUT2D eigenvalue weighted by Gasteiger charge is -2.22. The molecule has 1 aromatic rings. The summed E-state index contributed by atoms with van der Waals surface area (Å²) in [6, 6.07) is 5.34. The summed E-state index contributed by atoms with van der Waals surface area (Å²) in [6.07, 6.45) is 0.321. The average Bonchev–Trinajstić information content (AvgIpc) is 2.89. The second-order valence-electron chi connectivity index (χ2n) is 5.29. The normalized spacial score (nSPS) is 20.0. The molecule has 20 heavy (non-hydrogen) atoms. The van der Waals surface area contributed by atoms with Gasteiger partial charge < -0.3 is 14.7 Å². The van der Waals surface area contributed by atoms with Crippen molar-refractivity contribution < 1.29 is 14.6 Å². The number of aryl methyl sites for hydroxylation is 1. The molecule has 0 spiro atoms. The maximum Gasteiger partial charge on any atom is 0.263 e. The SMILES string of the molecule is Cc1cc(Cl)ccc1OC(C)C(=O)N1CCC(CO)C1. The van der Waals surface area contributed by atoms with Gasteiger partial charge in [0.1, 0.15) is 5.75 Å². The zero-order valence-corrected chi connectivity index (χ0v) is 12.6. The van der Waals surface area contributed by atoms with Crippen molar-refractivity contribution in [1.29, 1.82) is 0 Å². The Hall–Kier alpha value is -1.26. The Morgan fingerprint density at radius 3 is 2.95 bits per heavy atom. The van der Waals surface area contributed by atoms with Gasteiger partial charge in [0.05, 0.1) is 0 Å². The Labute approximate surface area is 124 Å². The molecule has 1 aliphatic rings. The molecule has 0 aliphatic carbocycles. The van der Waals surface area contributed by atoms with Gasteiger partial charge in [-0.1, -0.05) is 11.6 Å². The predicted octanol–water partition coefficient (Wildman–Crippen LogP) is 2.26. The number of hydrogen-bond acceptors (Lipinski definition) is 3. The Morgan fingerprint density at radius 2 is 2.35 bits per heavy atom. The molecule has 1 aromatic carbocycles. The third-order valence-electron chi connectivity index (χ3n) is 3.64. The Bertz CT molecular complexity index is 492. The number of aliphatic hydroxyl groups excluding tert-OH is 1. The van der Waals surface area contributed by atoms with E-state index >= 15 is 0 Å². The van der Waals surface area contributed by atoms with E-state index in [0.717, 1.165) is 12.0 Å². The van der Waals surface area contributed by atoms with E-state index in [1.807, 2.05) is 13.0 Å². The molecule has 0 radical (unpaired) electrons. The molecular formula is C15H20ClNO3. The van der Waals surface area contributed by atoms with Crippen molar-refractivity contribution in [3.05, 3.63) is 28.8 Å². The fourth-order valence-electron chi connectivity index (χ4n) is 2.42. The van der Waals surface area contributed by atoms with Crippen molar-refractivity contribution in [1.82, 2.24) is 4.90 Å². The Kier molecular flexibility index (Phi) is 4.89. The number of ether oxygens (including phenoxy) is 1. The molecule has 5 heteroatoms. The number of nitrogens with zero attached hydrogens (tertiary/aromatic N) is 1. The van der Waals surface area contributed by atoms with E-state index in [4.69, 9.17) is 21.4 Å². The van der Waals surface area contributed by atoms with Crippen LogP contribution in [0.2, 0.25) is 5.02 Å². The lowest BCUT2D eigenvalue weighted by Crippen LogP contribution is -2.39. The lowest BCUT2D eigenvalue weighted by atomic mass is 10.1. The van der Waals surface area contributed by atoms with E-state index in [1.54, 1.807) is 24.0 Å². The molecule has 1 aliphatic heterocycles. The van der Waals surface area contributed by atoms with Crippen molar-refractivity contribution >= 4 is 17.5 Å². The van der Waals surface area contributed by atoms with Crippen LogP contribution in [0.3, 0.4) is 0 Å². The van der Waals surface area contributed by atoms with Crippen LogP contribution in [-0.4, -0.2) is 41.7 Å². The van der Waals surface area contributed by atoms with Crippen molar-refractivity contribution in [2.45, 2.75) is 26.4 Å². The molecule has 1 fully saturated rings. The van der Waals surface area contributed by atoms with Crippen LogP contribution in [0.15, 0.2) is 18.2 Å². The van der Waals surface area contributed by atoms with E-state index in [9.17, 15) is 4.79 Å². The smallest absolute Gasteiger partial charge is 0.263 e. The number of aliphatic hydroxyl groups is 1. The zero-order chi connectivity index (χ0) is 14.7. The van der Waals surface area contributed by atoms with Gasteiger partial charge in [0.2, 0.25) is 0 Å². The van der Waals surface area contributed by atoms with Crippen LogP contribution in [0, 0.1) is 12.8 Å². The second kappa shape index (κ2) is 6.46. The van der Waals surface area contributed by atoms with Crippen LogP contribution in [0.25, 0.3) is 0 Å². The van der Waals surface area contributed by atoms with Crippen LogP contribution in [-0.2, 0) is 4.79 Å². The zero-order valence-electron chi connectivity index (χ0n) is 11.8. The van der Waals surface area contributed by atoms with E-state index in [2.05, 4.69) is 0 Å². The third-order valence-corrected chi connectivity index (χ3v) is 3.88. The number of carbonyl (C=O) groups excluding carboxylic acids is 1. The quantitative estimate of drug-likeness (QED) is 0.927. The highest BCUT2D eigenvalue weighted by molar-refractivity contribution is 6.30. The highest BCUT2D eigenvalue weighted by Crippen LogP contribution is 2.24. The van der Waals surface area contributed by atoms with Crippen molar-refractivity contribution in [3.8, 4) is 5.75 Å². The number of rotatable bonds is 4. The maximum absolute atomic E-state index is 12.3. The van der Waals surface area contributed by atoms with Crippen molar-refractivity contribution in [2.24, 2.45) is 5.92 Å². The van der Waals surface area contributed by atoms with Gasteiger partial charge in [0.25, 0.3) is 5.91 Å². The first-order valence-electron chi connectivity index (χ1n) is 6.83. The fraction of sp³-hybridized carbons (Fsp3) is 0.533. The summed E-state index contributed by atoms with van der Waals surface area (Å²) in [5.41, 5.74) is 0.909. The number of benzene rings is 1. The van der Waals surface area contributed by atoms with Gasteiger partial charge in [-0.25, -0.2) is 0 Å². The molecule has 4 nitrogen and oxygen atoms in total. The van der Waals surface area contributed by atoms with E-state index < -0.39 is 6.10 Å². The molecule has 0 aromatic heterocycles. The summed E-state index contributed by atoms with van der Waals surface area (Å²) in [5, 5.41) is 9.77. The highest BCUT2D eigenvalue weighted by Gasteiger charge is 2.29. The minimum absolute atomic E-state index is 0.0321. The maximum atomic E-state index is 12.3. The molecule has 2 rings (SSSR count). The average molecular weight is 298 g/mol. The van der Waals surface area contributed by atoms with Gasteiger partial charge in [-0.3, -0.25) is 4.79 Å². The molecule has 1 amide bonds. The fourth-order valence-corrected chi connectivity index (χ4v) is 2.65. The molecular weight excluding hydrogens is 278 g/mol. The Balaban J connectivity index is 1.97. The molecule has 1 saturated heterocycles.